The normalized spacial score (nSPS) is 10.2. The molecule has 0 heterocycles. The van der Waals surface area contributed by atoms with Crippen molar-refractivity contribution in [3.8, 4) is 23.0 Å². The van der Waals surface area contributed by atoms with Crippen LogP contribution in [0.5, 0.6) is 23.0 Å². The van der Waals surface area contributed by atoms with Crippen LogP contribution in [0.15, 0.2) is 72.8 Å². The number of carbonyl (C=O) groups is 2. The van der Waals surface area contributed by atoms with Crippen LogP contribution in [0.25, 0.3) is 0 Å². The first-order chi connectivity index (χ1) is 12.6. The molecule has 0 aliphatic heterocycles. The summed E-state index contributed by atoms with van der Waals surface area (Å²) >= 11 is 0. The van der Waals surface area contributed by atoms with E-state index in [1.165, 1.54) is 36.4 Å². The van der Waals surface area contributed by atoms with E-state index in [9.17, 15) is 19.8 Å². The van der Waals surface area contributed by atoms with E-state index in [0.29, 0.717) is 0 Å². The fourth-order valence-electron chi connectivity index (χ4n) is 2.24. The zero-order chi connectivity index (χ0) is 18.5. The number of phenolic OH excluding ortho intramolecular Hbond substituents is 2. The number of benzene rings is 3. The topological polar surface area (TPSA) is 93.1 Å². The van der Waals surface area contributed by atoms with Crippen LogP contribution in [0.2, 0.25) is 0 Å². The van der Waals surface area contributed by atoms with Crippen molar-refractivity contribution in [2.45, 2.75) is 0 Å². The molecule has 0 atom stereocenters. The zero-order valence-electron chi connectivity index (χ0n) is 13.5. The Balaban J connectivity index is 1.86. The lowest BCUT2D eigenvalue weighted by molar-refractivity contribution is 0.0687. The fraction of sp³-hybridized carbons (Fsp3) is 0. The van der Waals surface area contributed by atoms with Gasteiger partial charge in [0.05, 0.1) is 11.1 Å². The number of esters is 2. The summed E-state index contributed by atoms with van der Waals surface area (Å²) < 4.78 is 10.3. The largest absolute Gasteiger partial charge is 0.504 e. The van der Waals surface area contributed by atoms with Crippen molar-refractivity contribution in [2.24, 2.45) is 0 Å². The second kappa shape index (κ2) is 7.40. The molecule has 0 aliphatic carbocycles. The van der Waals surface area contributed by atoms with Gasteiger partial charge in [-0.05, 0) is 36.4 Å². The standard InChI is InChI=1S/C20H14O6/c21-15-9-3-5-11-17(15)25-19(23)13-7-1-2-8-14(13)20(24)26-18-12-6-4-10-16(18)22/h1-12,21-22H. The van der Waals surface area contributed by atoms with Gasteiger partial charge in [-0.2, -0.15) is 0 Å². The third-order valence-corrected chi connectivity index (χ3v) is 3.50. The highest BCUT2D eigenvalue weighted by molar-refractivity contribution is 6.04. The molecule has 6 heteroatoms. The van der Waals surface area contributed by atoms with Gasteiger partial charge in [0.2, 0.25) is 0 Å². The van der Waals surface area contributed by atoms with Gasteiger partial charge in [-0.3, -0.25) is 0 Å². The maximum atomic E-state index is 12.4. The van der Waals surface area contributed by atoms with Gasteiger partial charge < -0.3 is 19.7 Å². The van der Waals surface area contributed by atoms with Crippen LogP contribution in [-0.4, -0.2) is 22.2 Å². The van der Waals surface area contributed by atoms with E-state index in [1.54, 1.807) is 36.4 Å². The molecule has 0 aliphatic rings. The van der Waals surface area contributed by atoms with E-state index in [1.807, 2.05) is 0 Å². The van der Waals surface area contributed by atoms with Crippen molar-refractivity contribution < 1.29 is 29.3 Å². The Hall–Kier alpha value is -3.80. The van der Waals surface area contributed by atoms with E-state index in [4.69, 9.17) is 9.47 Å². The van der Waals surface area contributed by atoms with E-state index < -0.39 is 11.9 Å². The molecule has 3 aromatic carbocycles. The lowest BCUT2D eigenvalue weighted by Gasteiger charge is -2.10. The summed E-state index contributed by atoms with van der Waals surface area (Å²) in [4.78, 5) is 24.8. The number of rotatable bonds is 4. The van der Waals surface area contributed by atoms with Crippen molar-refractivity contribution in [1.29, 1.82) is 0 Å². The van der Waals surface area contributed by atoms with Gasteiger partial charge in [-0.15, -0.1) is 0 Å². The van der Waals surface area contributed by atoms with E-state index >= 15 is 0 Å². The molecule has 2 N–H and O–H groups in total. The summed E-state index contributed by atoms with van der Waals surface area (Å²) in [6.07, 6.45) is 0. The van der Waals surface area contributed by atoms with Gasteiger partial charge in [0.25, 0.3) is 0 Å². The van der Waals surface area contributed by atoms with Crippen molar-refractivity contribution in [3.63, 3.8) is 0 Å². The number of phenols is 2. The van der Waals surface area contributed by atoms with Crippen LogP contribution in [0.1, 0.15) is 20.7 Å². The lowest BCUT2D eigenvalue weighted by atomic mass is 10.1. The molecule has 3 aromatic rings. The number of hydrogen-bond donors (Lipinski definition) is 2. The van der Waals surface area contributed by atoms with Gasteiger partial charge in [0, 0.05) is 0 Å². The Kier molecular flexibility index (Phi) is 4.85. The molecule has 0 unspecified atom stereocenters. The molecule has 0 fully saturated rings. The van der Waals surface area contributed by atoms with Crippen LogP contribution in [0.3, 0.4) is 0 Å². The van der Waals surface area contributed by atoms with E-state index in [0.717, 1.165) is 0 Å². The van der Waals surface area contributed by atoms with E-state index in [2.05, 4.69) is 0 Å². The molecular formula is C20H14O6. The Morgan fingerprint density at radius 1 is 0.577 bits per heavy atom. The van der Waals surface area contributed by atoms with E-state index in [-0.39, 0.29) is 34.1 Å². The summed E-state index contributed by atoms with van der Waals surface area (Å²) in [5.41, 5.74) is -0.0626. The van der Waals surface area contributed by atoms with Gasteiger partial charge in [0.1, 0.15) is 0 Å². The Labute approximate surface area is 148 Å². The first kappa shape index (κ1) is 17.0. The summed E-state index contributed by atoms with van der Waals surface area (Å²) in [6.45, 7) is 0. The molecule has 0 saturated heterocycles. The van der Waals surface area contributed by atoms with Gasteiger partial charge >= 0.3 is 11.9 Å². The second-order valence-corrected chi connectivity index (χ2v) is 5.26. The van der Waals surface area contributed by atoms with Gasteiger partial charge in [-0.1, -0.05) is 36.4 Å². The Morgan fingerprint density at radius 2 is 0.923 bits per heavy atom. The minimum absolute atomic E-state index is 0.0265. The molecule has 26 heavy (non-hydrogen) atoms. The Bertz CT molecular complexity index is 885. The molecule has 130 valence electrons. The van der Waals surface area contributed by atoms with Crippen molar-refractivity contribution in [1.82, 2.24) is 0 Å². The van der Waals surface area contributed by atoms with Crippen LogP contribution >= 0.6 is 0 Å². The Morgan fingerprint density at radius 3 is 1.31 bits per heavy atom. The lowest BCUT2D eigenvalue weighted by Crippen LogP contribution is -2.17. The third-order valence-electron chi connectivity index (χ3n) is 3.50. The molecule has 0 amide bonds. The molecule has 0 radical (unpaired) electrons. The highest BCUT2D eigenvalue weighted by Crippen LogP contribution is 2.27. The van der Waals surface area contributed by atoms with Crippen molar-refractivity contribution in [3.05, 3.63) is 83.9 Å². The van der Waals surface area contributed by atoms with Crippen LogP contribution in [-0.2, 0) is 0 Å². The molecule has 0 aromatic heterocycles. The SMILES string of the molecule is O=C(Oc1ccccc1O)c1ccccc1C(=O)Oc1ccccc1O. The molecule has 0 saturated carbocycles. The highest BCUT2D eigenvalue weighted by atomic mass is 16.5. The van der Waals surface area contributed by atoms with Gasteiger partial charge in [-0.25, -0.2) is 9.59 Å². The first-order valence-corrected chi connectivity index (χ1v) is 7.65. The predicted octanol–water partition coefficient (Wildman–Crippen LogP) is 3.54. The number of hydrogen-bond acceptors (Lipinski definition) is 6. The number of carbonyl (C=O) groups excluding carboxylic acids is 2. The zero-order valence-corrected chi connectivity index (χ0v) is 13.5. The first-order valence-electron chi connectivity index (χ1n) is 7.65. The second-order valence-electron chi connectivity index (χ2n) is 5.26. The van der Waals surface area contributed by atoms with Crippen LogP contribution in [0, 0.1) is 0 Å². The van der Waals surface area contributed by atoms with Crippen LogP contribution in [0.4, 0.5) is 0 Å². The maximum absolute atomic E-state index is 12.4. The third kappa shape index (κ3) is 3.64. The molecule has 6 nitrogen and oxygen atoms in total. The number of para-hydroxylation sites is 4. The van der Waals surface area contributed by atoms with Crippen LogP contribution < -0.4 is 9.47 Å². The summed E-state index contributed by atoms with van der Waals surface area (Å²) in [6, 6.07) is 17.9. The minimum Gasteiger partial charge on any atom is -0.504 e. The molecule has 0 bridgehead atoms. The highest BCUT2D eigenvalue weighted by Gasteiger charge is 2.21. The fourth-order valence-corrected chi connectivity index (χ4v) is 2.24. The van der Waals surface area contributed by atoms with Gasteiger partial charge in [0.15, 0.2) is 23.0 Å². The number of ether oxygens (including phenoxy) is 2. The average molecular weight is 350 g/mol. The van der Waals surface area contributed by atoms with Crippen molar-refractivity contribution >= 4 is 11.9 Å². The minimum atomic E-state index is -0.823. The smallest absolute Gasteiger partial charge is 0.344 e. The number of aromatic hydroxyl groups is 2. The predicted molar refractivity (Wildman–Crippen MR) is 92.6 cm³/mol. The monoisotopic (exact) mass is 350 g/mol. The summed E-state index contributed by atoms with van der Waals surface area (Å²) in [7, 11) is 0. The molecule has 0 spiro atoms. The maximum Gasteiger partial charge on any atom is 0.344 e. The molecule has 3 rings (SSSR count). The summed E-state index contributed by atoms with van der Waals surface area (Å²) in [5, 5.41) is 19.4. The average Bonchev–Trinajstić information content (AvgIpc) is 2.65. The summed E-state index contributed by atoms with van der Waals surface area (Å²) in [5.74, 6) is -2.10. The van der Waals surface area contributed by atoms with Crippen molar-refractivity contribution in [2.75, 3.05) is 0 Å². The molecular weight excluding hydrogens is 336 g/mol. The quantitative estimate of drug-likeness (QED) is 0.552.